The average Bonchev–Trinajstić information content (AvgIpc) is 3.08. The van der Waals surface area contributed by atoms with Crippen LogP contribution in [-0.4, -0.2) is 9.97 Å². The predicted octanol–water partition coefficient (Wildman–Crippen LogP) is 11.1. The zero-order valence-corrected chi connectivity index (χ0v) is 25.5. The Balaban J connectivity index is 1.19. The third-order valence-corrected chi connectivity index (χ3v) is 9.93. The maximum atomic E-state index is 5.07. The molecule has 0 N–H and O–H groups in total. The Morgan fingerprint density at radius 2 is 1.09 bits per heavy atom. The van der Waals surface area contributed by atoms with Crippen molar-refractivity contribution in [3.8, 4) is 44.9 Å². The van der Waals surface area contributed by atoms with Gasteiger partial charge in [-0.3, -0.25) is 0 Å². The molecule has 0 radical (unpaired) electrons. The van der Waals surface area contributed by atoms with Gasteiger partial charge in [0.25, 0.3) is 0 Å². The first kappa shape index (κ1) is 26.6. The lowest BCUT2D eigenvalue weighted by Crippen LogP contribution is -2.23. The summed E-state index contributed by atoms with van der Waals surface area (Å²) in [7, 11) is 0. The molecule has 0 saturated heterocycles. The van der Waals surface area contributed by atoms with Crippen molar-refractivity contribution < 1.29 is 0 Å². The van der Waals surface area contributed by atoms with Gasteiger partial charge in [0.1, 0.15) is 0 Å². The van der Waals surface area contributed by atoms with Gasteiger partial charge in [0, 0.05) is 31.7 Å². The Morgan fingerprint density at radius 1 is 0.477 bits per heavy atom. The van der Waals surface area contributed by atoms with Gasteiger partial charge >= 0.3 is 0 Å². The van der Waals surface area contributed by atoms with E-state index in [9.17, 15) is 0 Å². The molecule has 8 rings (SSSR count). The molecule has 44 heavy (non-hydrogen) atoms. The van der Waals surface area contributed by atoms with Crippen LogP contribution in [0, 0.1) is 0 Å². The van der Waals surface area contributed by atoms with Crippen molar-refractivity contribution in [2.45, 2.75) is 29.1 Å². The molecule has 0 saturated carbocycles. The quantitative estimate of drug-likeness (QED) is 0.206. The summed E-state index contributed by atoms with van der Waals surface area (Å²) in [6, 6.07) is 51.8. The van der Waals surface area contributed by atoms with Crippen molar-refractivity contribution in [2.75, 3.05) is 0 Å². The van der Waals surface area contributed by atoms with Crippen LogP contribution in [0.5, 0.6) is 0 Å². The van der Waals surface area contributed by atoms with Gasteiger partial charge < -0.3 is 0 Å². The number of aromatic nitrogens is 2. The SMILES string of the molecule is CC1(C)c2ccccc2Sc2ccc(-c3ccccc3-c3ccc(-c4nc(-c5ccccc5)nc5ccccc45)cc3)cc21. The lowest BCUT2D eigenvalue weighted by Gasteiger charge is -2.35. The first-order valence-corrected chi connectivity index (χ1v) is 15.8. The van der Waals surface area contributed by atoms with Crippen LogP contribution in [0.3, 0.4) is 0 Å². The van der Waals surface area contributed by atoms with E-state index in [1.165, 1.54) is 43.2 Å². The van der Waals surface area contributed by atoms with Crippen LogP contribution in [-0.2, 0) is 5.41 Å². The van der Waals surface area contributed by atoms with Gasteiger partial charge in [0.05, 0.1) is 11.2 Å². The second kappa shape index (κ2) is 10.6. The van der Waals surface area contributed by atoms with Crippen LogP contribution in [0.1, 0.15) is 25.0 Å². The highest BCUT2D eigenvalue weighted by molar-refractivity contribution is 7.99. The molecule has 0 spiro atoms. The van der Waals surface area contributed by atoms with Gasteiger partial charge in [-0.15, -0.1) is 0 Å². The van der Waals surface area contributed by atoms with Gasteiger partial charge in [-0.2, -0.15) is 0 Å². The van der Waals surface area contributed by atoms with Gasteiger partial charge in [-0.25, -0.2) is 9.97 Å². The molecular weight excluding hydrogens is 553 g/mol. The molecule has 2 heterocycles. The van der Waals surface area contributed by atoms with E-state index in [0.29, 0.717) is 0 Å². The molecule has 0 bridgehead atoms. The molecule has 1 aliphatic heterocycles. The number of hydrogen-bond donors (Lipinski definition) is 0. The lowest BCUT2D eigenvalue weighted by atomic mass is 9.76. The van der Waals surface area contributed by atoms with Crippen LogP contribution in [0.2, 0.25) is 0 Å². The number of fused-ring (bicyclic) bond motifs is 3. The standard InChI is InChI=1S/C41H30N2S/c1-41(2)34-17-9-11-19-37(34)44-38-25-24-30(26-35(38)41)32-15-7-6-14-31(32)27-20-22-28(23-21-27)39-33-16-8-10-18-36(33)42-40(43-39)29-12-4-3-5-13-29/h3-26H,1-2H3. The molecule has 1 aromatic heterocycles. The summed E-state index contributed by atoms with van der Waals surface area (Å²) in [6.07, 6.45) is 0. The van der Waals surface area contributed by atoms with E-state index < -0.39 is 0 Å². The number of hydrogen-bond acceptors (Lipinski definition) is 3. The highest BCUT2D eigenvalue weighted by atomic mass is 32.2. The monoisotopic (exact) mass is 582 g/mol. The summed E-state index contributed by atoms with van der Waals surface area (Å²) in [4.78, 5) is 12.6. The van der Waals surface area contributed by atoms with Crippen LogP contribution >= 0.6 is 11.8 Å². The second-order valence-corrected chi connectivity index (χ2v) is 12.9. The van der Waals surface area contributed by atoms with Gasteiger partial charge in [-0.1, -0.05) is 147 Å². The van der Waals surface area contributed by atoms with Crippen molar-refractivity contribution in [3.63, 3.8) is 0 Å². The van der Waals surface area contributed by atoms with E-state index >= 15 is 0 Å². The highest BCUT2D eigenvalue weighted by Crippen LogP contribution is 2.50. The summed E-state index contributed by atoms with van der Waals surface area (Å²) in [5.41, 5.74) is 11.6. The minimum Gasteiger partial charge on any atom is -0.228 e. The minimum absolute atomic E-state index is 0.0668. The zero-order chi connectivity index (χ0) is 29.7. The average molecular weight is 583 g/mol. The molecule has 210 valence electrons. The maximum Gasteiger partial charge on any atom is 0.160 e. The van der Waals surface area contributed by atoms with Crippen molar-refractivity contribution in [1.29, 1.82) is 0 Å². The zero-order valence-electron chi connectivity index (χ0n) is 24.7. The highest BCUT2D eigenvalue weighted by Gasteiger charge is 2.33. The fourth-order valence-electron chi connectivity index (χ4n) is 6.42. The van der Waals surface area contributed by atoms with Gasteiger partial charge in [0.2, 0.25) is 0 Å². The van der Waals surface area contributed by atoms with Crippen molar-refractivity contribution in [3.05, 3.63) is 157 Å². The first-order valence-electron chi connectivity index (χ1n) is 15.0. The molecule has 0 amide bonds. The van der Waals surface area contributed by atoms with E-state index in [4.69, 9.17) is 9.97 Å². The summed E-state index contributed by atoms with van der Waals surface area (Å²) < 4.78 is 0. The molecule has 0 unspecified atom stereocenters. The maximum absolute atomic E-state index is 5.07. The third-order valence-electron chi connectivity index (χ3n) is 8.78. The summed E-state index contributed by atoms with van der Waals surface area (Å²) in [5, 5.41) is 1.05. The molecule has 3 heteroatoms. The minimum atomic E-state index is -0.0668. The van der Waals surface area contributed by atoms with E-state index in [2.05, 4.69) is 135 Å². The molecule has 0 atom stereocenters. The van der Waals surface area contributed by atoms with Crippen LogP contribution in [0.4, 0.5) is 0 Å². The van der Waals surface area contributed by atoms with E-state index in [-0.39, 0.29) is 5.41 Å². The van der Waals surface area contributed by atoms with Crippen LogP contribution in [0.25, 0.3) is 55.8 Å². The predicted molar refractivity (Wildman–Crippen MR) is 184 cm³/mol. The van der Waals surface area contributed by atoms with Gasteiger partial charge in [-0.05, 0) is 57.6 Å². The van der Waals surface area contributed by atoms with Crippen molar-refractivity contribution >= 4 is 22.7 Å². The number of nitrogens with zero attached hydrogens (tertiary/aromatic N) is 2. The molecule has 6 aromatic carbocycles. The number of rotatable bonds is 4. The summed E-state index contributed by atoms with van der Waals surface area (Å²) in [6.45, 7) is 4.69. The molecular formula is C41H30N2S. The largest absolute Gasteiger partial charge is 0.228 e. The molecule has 1 aliphatic rings. The normalized spacial score (nSPS) is 13.3. The van der Waals surface area contributed by atoms with Crippen molar-refractivity contribution in [2.24, 2.45) is 0 Å². The summed E-state index contributed by atoms with van der Waals surface area (Å²) in [5.74, 6) is 0.741. The topological polar surface area (TPSA) is 25.8 Å². The third kappa shape index (κ3) is 4.52. The fourth-order valence-corrected chi connectivity index (χ4v) is 7.79. The van der Waals surface area contributed by atoms with Gasteiger partial charge in [0.15, 0.2) is 5.82 Å². The summed E-state index contributed by atoms with van der Waals surface area (Å²) >= 11 is 1.88. The van der Waals surface area contributed by atoms with Crippen LogP contribution in [0.15, 0.2) is 155 Å². The van der Waals surface area contributed by atoms with Crippen molar-refractivity contribution in [1.82, 2.24) is 9.97 Å². The molecule has 7 aromatic rings. The smallest absolute Gasteiger partial charge is 0.160 e. The molecule has 0 fully saturated rings. The van der Waals surface area contributed by atoms with Crippen LogP contribution < -0.4 is 0 Å². The van der Waals surface area contributed by atoms with E-state index in [1.54, 1.807) is 0 Å². The Kier molecular flexibility index (Phi) is 6.43. The number of para-hydroxylation sites is 1. The Labute approximate surface area is 262 Å². The molecule has 0 aliphatic carbocycles. The van der Waals surface area contributed by atoms with E-state index in [1.807, 2.05) is 36.0 Å². The Morgan fingerprint density at radius 3 is 1.91 bits per heavy atom. The second-order valence-electron chi connectivity index (χ2n) is 11.8. The van der Waals surface area contributed by atoms with E-state index in [0.717, 1.165) is 33.5 Å². The molecule has 2 nitrogen and oxygen atoms in total. The number of benzene rings is 6. The Hall–Kier alpha value is -4.99. The Bertz CT molecular complexity index is 2160. The fraction of sp³-hybridized carbons (Fsp3) is 0.0732. The first-order chi connectivity index (χ1) is 21.6. The lowest BCUT2D eigenvalue weighted by molar-refractivity contribution is 0.607.